The van der Waals surface area contributed by atoms with Crippen molar-refractivity contribution in [2.24, 2.45) is 7.05 Å². The van der Waals surface area contributed by atoms with Gasteiger partial charge in [-0.2, -0.15) is 0 Å². The van der Waals surface area contributed by atoms with Crippen molar-refractivity contribution in [3.8, 4) is 0 Å². The van der Waals surface area contributed by atoms with Crippen LogP contribution in [0.1, 0.15) is 36.0 Å². The zero-order valence-corrected chi connectivity index (χ0v) is 15.6. The van der Waals surface area contributed by atoms with Crippen molar-refractivity contribution in [2.75, 3.05) is 7.05 Å². The maximum Gasteiger partial charge on any atom is 0.318 e. The summed E-state index contributed by atoms with van der Waals surface area (Å²) in [6, 6.07) is 2.22. The maximum absolute atomic E-state index is 12.7. The highest BCUT2D eigenvalue weighted by molar-refractivity contribution is 6.35. The number of aliphatic hydroxyl groups is 1. The van der Waals surface area contributed by atoms with Gasteiger partial charge in [-0.25, -0.2) is 4.79 Å². The molecule has 0 fully saturated rings. The van der Waals surface area contributed by atoms with Gasteiger partial charge >= 0.3 is 6.03 Å². The largest absolute Gasteiger partial charge is 0.390 e. The fourth-order valence-electron chi connectivity index (χ4n) is 3.26. The van der Waals surface area contributed by atoms with Gasteiger partial charge in [0.25, 0.3) is 0 Å². The Morgan fingerprint density at radius 2 is 2.20 bits per heavy atom. The van der Waals surface area contributed by atoms with Crippen LogP contribution in [-0.4, -0.2) is 44.0 Å². The summed E-state index contributed by atoms with van der Waals surface area (Å²) >= 11 is 12.3. The number of amides is 2. The van der Waals surface area contributed by atoms with Crippen molar-refractivity contribution in [3.63, 3.8) is 0 Å². The Morgan fingerprint density at radius 3 is 2.84 bits per heavy atom. The number of nitrogens with zero attached hydrogens (tertiary/aromatic N) is 4. The molecule has 0 bridgehead atoms. The zero-order chi connectivity index (χ0) is 18.3. The van der Waals surface area contributed by atoms with Crippen LogP contribution < -0.4 is 5.32 Å². The summed E-state index contributed by atoms with van der Waals surface area (Å²) in [6.07, 6.45) is 1.21. The van der Waals surface area contributed by atoms with Crippen LogP contribution in [0.15, 0.2) is 18.5 Å². The predicted octanol–water partition coefficient (Wildman–Crippen LogP) is 2.48. The fourth-order valence-corrected chi connectivity index (χ4v) is 3.85. The van der Waals surface area contributed by atoms with E-state index in [1.807, 2.05) is 14.0 Å². The first-order chi connectivity index (χ1) is 11.8. The number of rotatable bonds is 3. The number of aliphatic hydroxyl groups excluding tert-OH is 1. The first-order valence-electron chi connectivity index (χ1n) is 7.82. The van der Waals surface area contributed by atoms with E-state index in [4.69, 9.17) is 23.2 Å². The number of hydrogen-bond acceptors (Lipinski definition) is 4. The van der Waals surface area contributed by atoms with Gasteiger partial charge in [0.2, 0.25) is 0 Å². The van der Waals surface area contributed by atoms with Crippen LogP contribution in [0.3, 0.4) is 0 Å². The van der Waals surface area contributed by atoms with Crippen LogP contribution in [0, 0.1) is 0 Å². The molecule has 0 saturated carbocycles. The molecule has 2 aromatic rings. The summed E-state index contributed by atoms with van der Waals surface area (Å²) < 4.78 is 1.74. The van der Waals surface area contributed by atoms with Crippen molar-refractivity contribution < 1.29 is 9.90 Å². The van der Waals surface area contributed by atoms with E-state index in [-0.39, 0.29) is 12.1 Å². The second-order valence-corrected chi connectivity index (χ2v) is 7.10. The molecule has 1 aliphatic rings. The van der Waals surface area contributed by atoms with Crippen molar-refractivity contribution >= 4 is 29.2 Å². The molecule has 9 heteroatoms. The Labute approximate surface area is 155 Å². The smallest absolute Gasteiger partial charge is 0.318 e. The minimum atomic E-state index is -0.744. The monoisotopic (exact) mass is 383 g/mol. The van der Waals surface area contributed by atoms with Crippen LogP contribution in [0.2, 0.25) is 10.0 Å². The number of hydrogen-bond donors (Lipinski definition) is 2. The number of benzene rings is 1. The zero-order valence-electron chi connectivity index (χ0n) is 14.1. The Bertz CT molecular complexity index is 810. The van der Waals surface area contributed by atoms with Gasteiger partial charge in [0.05, 0.1) is 18.2 Å². The van der Waals surface area contributed by atoms with Crippen LogP contribution >= 0.6 is 23.2 Å². The molecule has 2 amide bonds. The standard InChI is InChI=1S/C16H19Cl2N5O2/c1-8(15-21-19-7-22(15)2)20-16(25)23(3)14-11-4-9(17)5-12(18)10(11)6-13(14)24/h4-5,7-8,13-14,24H,6H2,1-3H3,(H,20,25)/t8-,13+,14-/m0/s1. The molecule has 1 aromatic heterocycles. The average Bonchev–Trinajstić information content (AvgIpc) is 3.09. The van der Waals surface area contributed by atoms with Crippen LogP contribution in [0.5, 0.6) is 0 Å². The number of likely N-dealkylation sites (N-methyl/N-ethyl adjacent to an activating group) is 1. The van der Waals surface area contributed by atoms with E-state index in [9.17, 15) is 9.90 Å². The number of fused-ring (bicyclic) bond motifs is 1. The number of aromatic nitrogens is 3. The van der Waals surface area contributed by atoms with Gasteiger partial charge in [-0.3, -0.25) is 0 Å². The molecule has 134 valence electrons. The van der Waals surface area contributed by atoms with Crippen molar-refractivity contribution in [1.29, 1.82) is 0 Å². The number of urea groups is 1. The van der Waals surface area contributed by atoms with Crippen molar-refractivity contribution in [3.05, 3.63) is 45.5 Å². The summed E-state index contributed by atoms with van der Waals surface area (Å²) in [5.41, 5.74) is 1.60. The highest BCUT2D eigenvalue weighted by Gasteiger charge is 2.38. The average molecular weight is 384 g/mol. The lowest BCUT2D eigenvalue weighted by molar-refractivity contribution is 0.0883. The number of carbonyl (C=O) groups is 1. The molecule has 0 aliphatic heterocycles. The molecule has 0 spiro atoms. The molecule has 7 nitrogen and oxygen atoms in total. The van der Waals surface area contributed by atoms with Gasteiger partial charge in [-0.05, 0) is 30.2 Å². The Balaban J connectivity index is 1.80. The lowest BCUT2D eigenvalue weighted by Crippen LogP contribution is -2.43. The lowest BCUT2D eigenvalue weighted by atomic mass is 10.1. The van der Waals surface area contributed by atoms with E-state index in [0.717, 1.165) is 11.1 Å². The van der Waals surface area contributed by atoms with Crippen LogP contribution in [0.4, 0.5) is 4.79 Å². The molecule has 3 atom stereocenters. The number of halogens is 2. The maximum atomic E-state index is 12.7. The van der Waals surface area contributed by atoms with Gasteiger partial charge in [-0.1, -0.05) is 23.2 Å². The number of nitrogens with one attached hydrogen (secondary N) is 1. The third-order valence-corrected chi connectivity index (χ3v) is 5.06. The number of carbonyl (C=O) groups excluding carboxylic acids is 1. The second-order valence-electron chi connectivity index (χ2n) is 6.25. The van der Waals surface area contributed by atoms with Crippen molar-refractivity contribution in [2.45, 2.75) is 31.5 Å². The highest BCUT2D eigenvalue weighted by Crippen LogP contribution is 2.40. The van der Waals surface area contributed by atoms with E-state index in [2.05, 4.69) is 15.5 Å². The fraction of sp³-hybridized carbons (Fsp3) is 0.438. The van der Waals surface area contributed by atoms with E-state index < -0.39 is 12.1 Å². The predicted molar refractivity (Wildman–Crippen MR) is 94.6 cm³/mol. The second kappa shape index (κ2) is 6.82. The van der Waals surface area contributed by atoms with Gasteiger partial charge in [0, 0.05) is 30.6 Å². The first-order valence-corrected chi connectivity index (χ1v) is 8.58. The summed E-state index contributed by atoms with van der Waals surface area (Å²) in [5, 5.41) is 22.1. The first kappa shape index (κ1) is 18.0. The third-order valence-electron chi connectivity index (χ3n) is 4.50. The van der Waals surface area contributed by atoms with Gasteiger partial charge in [-0.15, -0.1) is 10.2 Å². The highest BCUT2D eigenvalue weighted by atomic mass is 35.5. The summed E-state index contributed by atoms with van der Waals surface area (Å²) in [7, 11) is 3.44. The van der Waals surface area contributed by atoms with Crippen LogP contribution in [0.25, 0.3) is 0 Å². The summed E-state index contributed by atoms with van der Waals surface area (Å²) in [4.78, 5) is 14.1. The molecule has 2 N–H and O–H groups in total. The summed E-state index contributed by atoms with van der Waals surface area (Å²) in [5.74, 6) is 0.639. The lowest BCUT2D eigenvalue weighted by Gasteiger charge is -2.29. The molecule has 1 aliphatic carbocycles. The van der Waals surface area contributed by atoms with E-state index in [0.29, 0.717) is 22.3 Å². The SMILES string of the molecule is C[C@H](NC(=O)N(C)[C@H]1c2cc(Cl)cc(Cl)c2C[C@H]1O)c1nncn1C. The van der Waals surface area contributed by atoms with E-state index in [1.165, 1.54) is 4.90 Å². The molecule has 1 heterocycles. The molecule has 0 saturated heterocycles. The summed E-state index contributed by atoms with van der Waals surface area (Å²) in [6.45, 7) is 1.82. The van der Waals surface area contributed by atoms with Gasteiger partial charge in [0.15, 0.2) is 5.82 Å². The molecular formula is C16H19Cl2N5O2. The topological polar surface area (TPSA) is 83.3 Å². The quantitative estimate of drug-likeness (QED) is 0.852. The van der Waals surface area contributed by atoms with Crippen LogP contribution in [-0.2, 0) is 13.5 Å². The Morgan fingerprint density at radius 1 is 1.48 bits per heavy atom. The van der Waals surface area contributed by atoms with Gasteiger partial charge < -0.3 is 19.9 Å². The minimum Gasteiger partial charge on any atom is -0.390 e. The third kappa shape index (κ3) is 3.31. The normalized spacial score (nSPS) is 20.2. The molecule has 0 unspecified atom stereocenters. The molecule has 25 heavy (non-hydrogen) atoms. The van der Waals surface area contributed by atoms with Crippen molar-refractivity contribution in [1.82, 2.24) is 25.0 Å². The molecule has 0 radical (unpaired) electrons. The molecule has 3 rings (SSSR count). The molecule has 1 aromatic carbocycles. The Kier molecular flexibility index (Phi) is 4.90. The minimum absolute atomic E-state index is 0.330. The molecular weight excluding hydrogens is 365 g/mol. The number of aryl methyl sites for hydroxylation is 1. The van der Waals surface area contributed by atoms with E-state index in [1.54, 1.807) is 30.1 Å². The van der Waals surface area contributed by atoms with Gasteiger partial charge in [0.1, 0.15) is 6.33 Å². The Hall–Kier alpha value is -1.83. The van der Waals surface area contributed by atoms with E-state index >= 15 is 0 Å².